The molecule has 21 heavy (non-hydrogen) atoms. The van der Waals surface area contributed by atoms with Crippen LogP contribution in [0.5, 0.6) is 0 Å². The van der Waals surface area contributed by atoms with Gasteiger partial charge in [0.05, 0.1) is 4.92 Å². The Morgan fingerprint density at radius 2 is 2.00 bits per heavy atom. The van der Waals surface area contributed by atoms with Crippen LogP contribution in [-0.2, 0) is 6.18 Å². The third kappa shape index (κ3) is 2.82. The summed E-state index contributed by atoms with van der Waals surface area (Å²) in [7, 11) is 0. The standard InChI is InChI=1S/C14H15F3N2O2/c15-14(16,17)11-7-10(3-4-12(11)19(20)21)18-8-13(5-6-13)9-1-2-9/h3-4,7,9,18H,1-2,5-6,8H2. The number of nitro groups is 1. The fraction of sp³-hybridized carbons (Fsp3) is 0.571. The minimum atomic E-state index is -4.73. The first-order valence-corrected chi connectivity index (χ1v) is 6.91. The first-order valence-electron chi connectivity index (χ1n) is 6.91. The van der Waals surface area contributed by atoms with Crippen LogP contribution in [0, 0.1) is 21.4 Å². The van der Waals surface area contributed by atoms with E-state index >= 15 is 0 Å². The fourth-order valence-corrected chi connectivity index (χ4v) is 2.90. The van der Waals surface area contributed by atoms with Crippen molar-refractivity contribution in [2.45, 2.75) is 31.9 Å². The lowest BCUT2D eigenvalue weighted by Gasteiger charge is -2.17. The third-order valence-electron chi connectivity index (χ3n) is 4.48. The predicted molar refractivity (Wildman–Crippen MR) is 71.0 cm³/mol. The van der Waals surface area contributed by atoms with Crippen LogP contribution in [0.2, 0.25) is 0 Å². The summed E-state index contributed by atoms with van der Waals surface area (Å²) in [5, 5.41) is 13.7. The molecular formula is C14H15F3N2O2. The predicted octanol–water partition coefficient (Wildman–Crippen LogP) is 4.22. The van der Waals surface area contributed by atoms with Gasteiger partial charge in [0.15, 0.2) is 0 Å². The molecule has 2 aliphatic rings. The molecule has 0 spiro atoms. The molecule has 0 heterocycles. The van der Waals surface area contributed by atoms with Gasteiger partial charge in [-0.3, -0.25) is 10.1 Å². The van der Waals surface area contributed by atoms with Gasteiger partial charge < -0.3 is 5.32 Å². The van der Waals surface area contributed by atoms with Gasteiger partial charge in [0, 0.05) is 18.3 Å². The highest BCUT2D eigenvalue weighted by molar-refractivity contribution is 5.55. The van der Waals surface area contributed by atoms with Gasteiger partial charge in [-0.1, -0.05) is 0 Å². The number of hydrogen-bond donors (Lipinski definition) is 1. The van der Waals surface area contributed by atoms with E-state index in [0.29, 0.717) is 18.2 Å². The molecule has 114 valence electrons. The monoisotopic (exact) mass is 300 g/mol. The molecule has 0 aromatic heterocycles. The summed E-state index contributed by atoms with van der Waals surface area (Å²) in [6.45, 7) is 0.646. The van der Waals surface area contributed by atoms with Gasteiger partial charge in [-0.25, -0.2) is 0 Å². The number of benzene rings is 1. The van der Waals surface area contributed by atoms with Crippen molar-refractivity contribution in [1.29, 1.82) is 0 Å². The number of nitro benzene ring substituents is 1. The average Bonchev–Trinajstić information content (AvgIpc) is 3.25. The second-order valence-corrected chi connectivity index (χ2v) is 5.98. The van der Waals surface area contributed by atoms with Crippen LogP contribution in [0.3, 0.4) is 0 Å². The van der Waals surface area contributed by atoms with Gasteiger partial charge in [0.2, 0.25) is 0 Å². The lowest BCUT2D eigenvalue weighted by Crippen LogP contribution is -2.18. The molecule has 7 heteroatoms. The first kappa shape index (κ1) is 14.2. The Bertz CT molecular complexity index is 578. The second-order valence-electron chi connectivity index (χ2n) is 5.98. The Hall–Kier alpha value is -1.79. The Morgan fingerprint density at radius 3 is 2.48 bits per heavy atom. The van der Waals surface area contributed by atoms with Crippen molar-refractivity contribution in [2.24, 2.45) is 11.3 Å². The van der Waals surface area contributed by atoms with E-state index < -0.39 is 22.4 Å². The number of rotatable bonds is 5. The largest absolute Gasteiger partial charge is 0.423 e. The van der Waals surface area contributed by atoms with Crippen LogP contribution in [0.1, 0.15) is 31.2 Å². The SMILES string of the molecule is O=[N+]([O-])c1ccc(NCC2(C3CC3)CC2)cc1C(F)(F)F. The summed E-state index contributed by atoms with van der Waals surface area (Å²) in [4.78, 5) is 9.69. The molecule has 0 aliphatic heterocycles. The van der Waals surface area contributed by atoms with E-state index in [0.717, 1.165) is 25.0 Å². The van der Waals surface area contributed by atoms with Crippen LogP contribution in [0.25, 0.3) is 0 Å². The zero-order valence-electron chi connectivity index (χ0n) is 11.2. The summed E-state index contributed by atoms with van der Waals surface area (Å²) in [5.74, 6) is 0.699. The van der Waals surface area contributed by atoms with Gasteiger partial charge >= 0.3 is 6.18 Å². The van der Waals surface area contributed by atoms with Crippen LogP contribution in [0.4, 0.5) is 24.5 Å². The normalized spacial score (nSPS) is 20.1. The maximum absolute atomic E-state index is 12.9. The third-order valence-corrected chi connectivity index (χ3v) is 4.48. The molecule has 0 unspecified atom stereocenters. The Morgan fingerprint density at radius 1 is 1.33 bits per heavy atom. The molecule has 4 nitrogen and oxygen atoms in total. The molecule has 1 aromatic carbocycles. The number of halogens is 3. The number of nitrogens with one attached hydrogen (secondary N) is 1. The van der Waals surface area contributed by atoms with Crippen molar-refractivity contribution in [2.75, 3.05) is 11.9 Å². The van der Waals surface area contributed by atoms with E-state index in [2.05, 4.69) is 5.32 Å². The summed E-state index contributed by atoms with van der Waals surface area (Å²) in [6.07, 6.45) is -0.0904. The summed E-state index contributed by atoms with van der Waals surface area (Å²) >= 11 is 0. The molecule has 1 aromatic rings. The molecule has 2 fully saturated rings. The van der Waals surface area contributed by atoms with E-state index in [4.69, 9.17) is 0 Å². The van der Waals surface area contributed by atoms with Crippen molar-refractivity contribution >= 4 is 11.4 Å². The maximum Gasteiger partial charge on any atom is 0.423 e. The molecule has 0 bridgehead atoms. The van der Waals surface area contributed by atoms with Crippen molar-refractivity contribution in [3.8, 4) is 0 Å². The zero-order chi connectivity index (χ0) is 15.3. The van der Waals surface area contributed by atoms with Gasteiger partial charge in [-0.05, 0) is 49.1 Å². The van der Waals surface area contributed by atoms with E-state index in [-0.39, 0.29) is 5.41 Å². The zero-order valence-corrected chi connectivity index (χ0v) is 11.2. The summed E-state index contributed by atoms with van der Waals surface area (Å²) in [5.41, 5.74) is -1.56. The van der Waals surface area contributed by atoms with Gasteiger partial charge in [0.1, 0.15) is 5.56 Å². The van der Waals surface area contributed by atoms with Crippen molar-refractivity contribution in [3.63, 3.8) is 0 Å². The van der Waals surface area contributed by atoms with E-state index in [1.165, 1.54) is 18.9 Å². The van der Waals surface area contributed by atoms with Crippen LogP contribution >= 0.6 is 0 Å². The lowest BCUT2D eigenvalue weighted by atomic mass is 10.0. The van der Waals surface area contributed by atoms with E-state index in [1.54, 1.807) is 0 Å². The summed E-state index contributed by atoms with van der Waals surface area (Å²) < 4.78 is 38.6. The maximum atomic E-state index is 12.9. The smallest absolute Gasteiger partial charge is 0.384 e. The highest BCUT2D eigenvalue weighted by Crippen LogP contribution is 2.61. The number of nitrogens with zero attached hydrogens (tertiary/aromatic N) is 1. The topological polar surface area (TPSA) is 55.2 Å². The van der Waals surface area contributed by atoms with Gasteiger partial charge in [-0.2, -0.15) is 13.2 Å². The van der Waals surface area contributed by atoms with Crippen molar-refractivity contribution in [3.05, 3.63) is 33.9 Å². The second kappa shape index (κ2) is 4.61. The fourth-order valence-electron chi connectivity index (χ4n) is 2.90. The van der Waals surface area contributed by atoms with Crippen molar-refractivity contribution in [1.82, 2.24) is 0 Å². The molecule has 2 aliphatic carbocycles. The molecular weight excluding hydrogens is 285 g/mol. The molecule has 0 amide bonds. The number of hydrogen-bond acceptors (Lipinski definition) is 3. The van der Waals surface area contributed by atoms with Crippen molar-refractivity contribution < 1.29 is 18.1 Å². The van der Waals surface area contributed by atoms with Crippen LogP contribution in [0.15, 0.2) is 18.2 Å². The Balaban J connectivity index is 1.78. The number of anilines is 1. The van der Waals surface area contributed by atoms with Crippen LogP contribution < -0.4 is 5.32 Å². The molecule has 0 atom stereocenters. The van der Waals surface area contributed by atoms with Gasteiger partial charge in [-0.15, -0.1) is 0 Å². The first-order chi connectivity index (χ1) is 9.82. The summed E-state index contributed by atoms with van der Waals surface area (Å²) in [6, 6.07) is 3.10. The minimum Gasteiger partial charge on any atom is -0.384 e. The molecule has 1 N–H and O–H groups in total. The average molecular weight is 300 g/mol. The molecule has 2 saturated carbocycles. The molecule has 3 rings (SSSR count). The van der Waals surface area contributed by atoms with Gasteiger partial charge in [0.25, 0.3) is 5.69 Å². The Kier molecular flexibility index (Phi) is 3.11. The quantitative estimate of drug-likeness (QED) is 0.654. The van der Waals surface area contributed by atoms with E-state index in [1.807, 2.05) is 0 Å². The highest BCUT2D eigenvalue weighted by Gasteiger charge is 2.53. The Labute approximate surface area is 119 Å². The lowest BCUT2D eigenvalue weighted by molar-refractivity contribution is -0.388. The van der Waals surface area contributed by atoms with Crippen LogP contribution in [-0.4, -0.2) is 11.5 Å². The minimum absolute atomic E-state index is 0.250. The van der Waals surface area contributed by atoms with E-state index in [9.17, 15) is 23.3 Å². The molecule has 0 radical (unpaired) electrons. The highest BCUT2D eigenvalue weighted by atomic mass is 19.4. The number of alkyl halides is 3. The molecule has 0 saturated heterocycles.